The van der Waals surface area contributed by atoms with E-state index in [4.69, 9.17) is 9.47 Å². The van der Waals surface area contributed by atoms with Gasteiger partial charge < -0.3 is 39.9 Å². The summed E-state index contributed by atoms with van der Waals surface area (Å²) in [6.07, 6.45) is 24.2. The van der Waals surface area contributed by atoms with Gasteiger partial charge in [0.1, 0.15) is 37.5 Å². The molecule has 11 heteroatoms. The number of rotatable bonds is 34. The monoisotopic (exact) mass is 818 g/mol. The van der Waals surface area contributed by atoms with Gasteiger partial charge in [-0.3, -0.25) is 9.59 Å². The third-order valence-electron chi connectivity index (χ3n) is 11.5. The van der Waals surface area contributed by atoms with E-state index in [0.717, 1.165) is 61.8 Å². The van der Waals surface area contributed by atoms with E-state index in [1.807, 2.05) is 30.3 Å². The van der Waals surface area contributed by atoms with Crippen molar-refractivity contribution in [1.82, 2.24) is 15.1 Å². The first kappa shape index (κ1) is 51.4. The summed E-state index contributed by atoms with van der Waals surface area (Å²) >= 11 is 0. The van der Waals surface area contributed by atoms with Crippen molar-refractivity contribution in [1.29, 1.82) is 0 Å². The van der Waals surface area contributed by atoms with Gasteiger partial charge in [-0.15, -0.1) is 0 Å². The molecule has 2 rings (SSSR count). The molecule has 1 saturated heterocycles. The van der Waals surface area contributed by atoms with Gasteiger partial charge in [0.05, 0.1) is 6.61 Å². The maximum atomic E-state index is 14.0. The molecular formula is C47H83N3O8. The predicted molar refractivity (Wildman–Crippen MR) is 232 cm³/mol. The minimum absolute atomic E-state index is 0.0486. The zero-order valence-electron chi connectivity index (χ0n) is 36.8. The van der Waals surface area contributed by atoms with E-state index in [1.165, 1.54) is 116 Å². The molecule has 58 heavy (non-hydrogen) atoms. The molecule has 1 aromatic carbocycles. The molecule has 0 aliphatic carbocycles. The Morgan fingerprint density at radius 3 is 1.62 bits per heavy atom. The lowest BCUT2D eigenvalue weighted by Gasteiger charge is -2.47. The Hall–Kier alpha value is -2.73. The number of likely N-dealkylation sites (N-methyl/N-ethyl adjacent to an activating group) is 1. The molecule has 11 nitrogen and oxygen atoms in total. The molecule has 3 amide bonds. The maximum Gasteiger partial charge on any atom is 0.410 e. The molecule has 1 aliphatic heterocycles. The molecule has 0 aromatic heterocycles. The van der Waals surface area contributed by atoms with E-state index in [9.17, 15) is 29.7 Å². The smallest absolute Gasteiger partial charge is 0.410 e. The molecule has 0 bridgehead atoms. The first-order chi connectivity index (χ1) is 28.2. The van der Waals surface area contributed by atoms with Crippen LogP contribution in [0.15, 0.2) is 30.3 Å². The molecule has 0 unspecified atom stereocenters. The first-order valence-corrected chi connectivity index (χ1v) is 23.4. The zero-order valence-corrected chi connectivity index (χ0v) is 36.8. The molecular weight excluding hydrogens is 735 g/mol. The molecule has 1 aromatic rings. The van der Waals surface area contributed by atoms with Crippen LogP contribution in [0.4, 0.5) is 4.79 Å². The van der Waals surface area contributed by atoms with Crippen molar-refractivity contribution in [3.05, 3.63) is 35.9 Å². The van der Waals surface area contributed by atoms with Crippen LogP contribution in [0.1, 0.15) is 186 Å². The van der Waals surface area contributed by atoms with Crippen LogP contribution in [0.25, 0.3) is 0 Å². The van der Waals surface area contributed by atoms with Crippen LogP contribution in [0.5, 0.6) is 0 Å². The number of hydrogen-bond donors (Lipinski definition) is 4. The fraction of sp³-hybridized carbons (Fsp3) is 0.809. The van der Waals surface area contributed by atoms with Crippen LogP contribution in [-0.2, 0) is 25.7 Å². The number of carbonyl (C=O) groups excluding carboxylic acids is 3. The summed E-state index contributed by atoms with van der Waals surface area (Å²) < 4.78 is 11.5. The first-order valence-electron chi connectivity index (χ1n) is 23.4. The molecule has 4 N–H and O–H groups in total. The Bertz CT molecular complexity index is 1190. The molecule has 0 saturated carbocycles. The lowest BCUT2D eigenvalue weighted by Crippen LogP contribution is -2.69. The van der Waals surface area contributed by atoms with Gasteiger partial charge in [0.25, 0.3) is 0 Å². The van der Waals surface area contributed by atoms with Crippen molar-refractivity contribution in [3.8, 4) is 0 Å². The van der Waals surface area contributed by atoms with Crippen molar-refractivity contribution in [2.45, 2.75) is 218 Å². The third kappa shape index (κ3) is 22.0. The average molecular weight is 818 g/mol. The highest BCUT2D eigenvalue weighted by molar-refractivity contribution is 5.82. The normalized spacial score (nSPS) is 19.2. The number of ether oxygens (including phenoxy) is 2. The minimum atomic E-state index is -1.52. The Morgan fingerprint density at radius 1 is 0.672 bits per heavy atom. The number of aliphatic hydroxyl groups excluding tert-OH is 3. The fourth-order valence-electron chi connectivity index (χ4n) is 7.82. The van der Waals surface area contributed by atoms with Crippen LogP contribution in [-0.4, -0.2) is 100 Å². The van der Waals surface area contributed by atoms with Crippen molar-refractivity contribution in [3.63, 3.8) is 0 Å². The predicted octanol–water partition coefficient (Wildman–Crippen LogP) is 9.19. The average Bonchev–Trinajstić information content (AvgIpc) is 3.22. The summed E-state index contributed by atoms with van der Waals surface area (Å²) in [4.78, 5) is 42.7. The van der Waals surface area contributed by atoms with Crippen molar-refractivity contribution in [2.24, 2.45) is 0 Å². The lowest BCUT2D eigenvalue weighted by atomic mass is 9.94. The summed E-state index contributed by atoms with van der Waals surface area (Å²) in [6.45, 7) is 3.94. The number of carbonyl (C=O) groups is 3. The fourth-order valence-corrected chi connectivity index (χ4v) is 7.82. The minimum Gasteiger partial charge on any atom is -0.445 e. The Kier molecular flexibility index (Phi) is 29.3. The quantitative estimate of drug-likeness (QED) is 0.0504. The Labute approximate surface area is 352 Å². The number of hydrogen-bond acceptors (Lipinski definition) is 8. The van der Waals surface area contributed by atoms with Gasteiger partial charge in [0.2, 0.25) is 11.8 Å². The highest BCUT2D eigenvalue weighted by atomic mass is 16.6. The van der Waals surface area contributed by atoms with Gasteiger partial charge in [0.15, 0.2) is 6.23 Å². The second-order valence-corrected chi connectivity index (χ2v) is 16.7. The van der Waals surface area contributed by atoms with E-state index in [2.05, 4.69) is 19.2 Å². The van der Waals surface area contributed by atoms with Crippen LogP contribution in [0, 0.1) is 0 Å². The van der Waals surface area contributed by atoms with Crippen LogP contribution in [0.3, 0.4) is 0 Å². The zero-order chi connectivity index (χ0) is 42.2. The van der Waals surface area contributed by atoms with Gasteiger partial charge in [0, 0.05) is 20.0 Å². The van der Waals surface area contributed by atoms with Gasteiger partial charge in [-0.05, 0) is 18.4 Å². The molecule has 0 radical (unpaired) electrons. The number of unbranched alkanes of at least 4 members (excludes halogenated alkanes) is 23. The Morgan fingerprint density at radius 2 is 1.14 bits per heavy atom. The topological polar surface area (TPSA) is 149 Å². The molecule has 1 heterocycles. The molecule has 0 spiro atoms. The van der Waals surface area contributed by atoms with E-state index >= 15 is 0 Å². The molecule has 1 aliphatic rings. The number of nitrogens with one attached hydrogen (secondary N) is 1. The SMILES string of the molecule is CCCCCCCCCCCCCCCCCCN(C(=O)CCCCCCCCCCC)[C@@H]1O[C@H](CO)[C@@H](O)[C@H](O)[C@H]1NC(=O)CN(C)C(=O)OCc1ccccc1. The van der Waals surface area contributed by atoms with Crippen LogP contribution >= 0.6 is 0 Å². The molecule has 5 atom stereocenters. The van der Waals surface area contributed by atoms with E-state index in [-0.39, 0.29) is 19.1 Å². The molecule has 334 valence electrons. The maximum absolute atomic E-state index is 14.0. The number of amides is 3. The second kappa shape index (κ2) is 33.0. The summed E-state index contributed by atoms with van der Waals surface area (Å²) in [7, 11) is 1.44. The molecule has 1 fully saturated rings. The third-order valence-corrected chi connectivity index (χ3v) is 11.5. The van der Waals surface area contributed by atoms with Crippen LogP contribution < -0.4 is 5.32 Å². The van der Waals surface area contributed by atoms with E-state index < -0.39 is 49.2 Å². The van der Waals surface area contributed by atoms with Gasteiger partial charge in [-0.1, -0.05) is 192 Å². The summed E-state index contributed by atoms with van der Waals surface area (Å²) in [6, 6.07) is 8.03. The second-order valence-electron chi connectivity index (χ2n) is 16.7. The van der Waals surface area contributed by atoms with E-state index in [1.54, 1.807) is 4.90 Å². The highest BCUT2D eigenvalue weighted by Crippen LogP contribution is 2.26. The summed E-state index contributed by atoms with van der Waals surface area (Å²) in [5.74, 6) is -0.754. The summed E-state index contributed by atoms with van der Waals surface area (Å²) in [5, 5.41) is 35.0. The van der Waals surface area contributed by atoms with Gasteiger partial charge in [-0.25, -0.2) is 4.79 Å². The standard InChI is InChI=1S/C47H83N3O8/c1-4-6-8-10-12-14-15-16-17-18-19-20-22-24-26-31-35-50(42(53)34-30-25-23-21-13-11-9-7-5-2)46-43(45(55)44(54)40(37-51)58-46)48-41(52)36-49(3)47(56)57-38-39-32-28-27-29-33-39/h27-29,32-33,40,43-46,51,54-55H,4-26,30-31,34-38H2,1-3H3,(H,48,52)/t40-,43-,44-,45-,46-/m1/s1. The van der Waals surface area contributed by atoms with Gasteiger partial charge in [-0.2, -0.15) is 0 Å². The number of benzene rings is 1. The van der Waals surface area contributed by atoms with Crippen molar-refractivity contribution >= 4 is 17.9 Å². The Balaban J connectivity index is 1.96. The lowest BCUT2D eigenvalue weighted by molar-refractivity contribution is -0.231. The number of nitrogens with zero attached hydrogens (tertiary/aromatic N) is 2. The van der Waals surface area contributed by atoms with Crippen molar-refractivity contribution < 1.29 is 39.2 Å². The van der Waals surface area contributed by atoms with Crippen LogP contribution in [0.2, 0.25) is 0 Å². The van der Waals surface area contributed by atoms with Crippen molar-refractivity contribution in [2.75, 3.05) is 26.7 Å². The van der Waals surface area contributed by atoms with Gasteiger partial charge >= 0.3 is 6.09 Å². The summed E-state index contributed by atoms with van der Waals surface area (Å²) in [5.41, 5.74) is 0.808. The largest absolute Gasteiger partial charge is 0.445 e. The van der Waals surface area contributed by atoms with E-state index in [0.29, 0.717) is 13.0 Å². The number of aliphatic hydroxyl groups is 3. The highest BCUT2D eigenvalue weighted by Gasteiger charge is 2.48.